The van der Waals surface area contributed by atoms with Gasteiger partial charge in [0.2, 0.25) is 11.8 Å². The van der Waals surface area contributed by atoms with Gasteiger partial charge in [0.05, 0.1) is 13.1 Å². The fourth-order valence-electron chi connectivity index (χ4n) is 2.13. The second kappa shape index (κ2) is 7.24. The molecule has 6 heteroatoms. The highest BCUT2D eigenvalue weighted by Gasteiger charge is 2.25. The highest BCUT2D eigenvalue weighted by Crippen LogP contribution is 2.23. The van der Waals surface area contributed by atoms with E-state index in [2.05, 4.69) is 10.6 Å². The van der Waals surface area contributed by atoms with Gasteiger partial charge in [0.25, 0.3) is 0 Å². The van der Waals surface area contributed by atoms with Gasteiger partial charge >= 0.3 is 0 Å². The van der Waals surface area contributed by atoms with E-state index in [0.29, 0.717) is 0 Å². The van der Waals surface area contributed by atoms with Gasteiger partial charge in [0.15, 0.2) is 0 Å². The van der Waals surface area contributed by atoms with Crippen LogP contribution in [0.2, 0.25) is 0 Å². The lowest BCUT2D eigenvalue weighted by molar-refractivity contribution is -0.126. The lowest BCUT2D eigenvalue weighted by Crippen LogP contribution is -2.47. The van der Waals surface area contributed by atoms with Crippen LogP contribution < -0.4 is 16.4 Å². The van der Waals surface area contributed by atoms with Crippen molar-refractivity contribution < 1.29 is 14.7 Å². The number of nitrogens with one attached hydrogen (secondary N) is 2. The number of carbonyl (C=O) groups excluding carboxylic acids is 2. The smallest absolute Gasteiger partial charge is 0.239 e. The van der Waals surface area contributed by atoms with Crippen molar-refractivity contribution in [2.75, 3.05) is 19.7 Å². The monoisotopic (exact) mass is 243 g/mol. The third kappa shape index (κ3) is 4.70. The second-order valence-corrected chi connectivity index (χ2v) is 4.38. The third-order valence-electron chi connectivity index (χ3n) is 3.12. The van der Waals surface area contributed by atoms with Crippen molar-refractivity contribution >= 4 is 11.8 Å². The Morgan fingerprint density at radius 3 is 2.59 bits per heavy atom. The SMILES string of the molecule is NCC(=O)NCC(=O)NC1CCCCC1CO. The van der Waals surface area contributed by atoms with Crippen LogP contribution in [0.3, 0.4) is 0 Å². The summed E-state index contributed by atoms with van der Waals surface area (Å²) >= 11 is 0. The van der Waals surface area contributed by atoms with Gasteiger partial charge in [-0.25, -0.2) is 0 Å². The van der Waals surface area contributed by atoms with Crippen molar-refractivity contribution in [1.82, 2.24) is 10.6 Å². The molecule has 0 aromatic rings. The summed E-state index contributed by atoms with van der Waals surface area (Å²) in [5.41, 5.74) is 5.11. The van der Waals surface area contributed by atoms with Crippen LogP contribution in [0.1, 0.15) is 25.7 Å². The summed E-state index contributed by atoms with van der Waals surface area (Å²) in [5, 5.41) is 14.5. The Bertz CT molecular complexity index is 271. The minimum absolute atomic E-state index is 0.0241. The number of rotatable bonds is 5. The van der Waals surface area contributed by atoms with Gasteiger partial charge in [-0.15, -0.1) is 0 Å². The van der Waals surface area contributed by atoms with Crippen LogP contribution in [0.5, 0.6) is 0 Å². The Hall–Kier alpha value is -1.14. The number of amides is 2. The molecule has 6 nitrogen and oxygen atoms in total. The first-order valence-electron chi connectivity index (χ1n) is 6.04. The number of carbonyl (C=O) groups is 2. The molecule has 0 saturated heterocycles. The molecule has 0 aromatic heterocycles. The lowest BCUT2D eigenvalue weighted by atomic mass is 9.85. The maximum Gasteiger partial charge on any atom is 0.239 e. The molecule has 0 radical (unpaired) electrons. The van der Waals surface area contributed by atoms with Gasteiger partial charge in [-0.1, -0.05) is 12.8 Å². The number of aliphatic hydroxyl groups is 1. The lowest BCUT2D eigenvalue weighted by Gasteiger charge is -2.30. The van der Waals surface area contributed by atoms with E-state index in [4.69, 9.17) is 5.73 Å². The van der Waals surface area contributed by atoms with Gasteiger partial charge in [0, 0.05) is 18.6 Å². The van der Waals surface area contributed by atoms with Crippen molar-refractivity contribution in [3.63, 3.8) is 0 Å². The highest BCUT2D eigenvalue weighted by atomic mass is 16.3. The zero-order valence-electron chi connectivity index (χ0n) is 9.95. The number of nitrogens with two attached hydrogens (primary N) is 1. The van der Waals surface area contributed by atoms with Crippen LogP contribution in [-0.4, -0.2) is 42.7 Å². The Morgan fingerprint density at radius 1 is 1.24 bits per heavy atom. The van der Waals surface area contributed by atoms with Crippen LogP contribution >= 0.6 is 0 Å². The highest BCUT2D eigenvalue weighted by molar-refractivity contribution is 5.85. The molecule has 2 amide bonds. The molecule has 1 aliphatic carbocycles. The van der Waals surface area contributed by atoms with Crippen molar-refractivity contribution in [3.8, 4) is 0 Å². The Morgan fingerprint density at radius 2 is 1.94 bits per heavy atom. The van der Waals surface area contributed by atoms with Gasteiger partial charge in [0.1, 0.15) is 0 Å². The number of hydrogen-bond donors (Lipinski definition) is 4. The summed E-state index contributed by atoms with van der Waals surface area (Å²) < 4.78 is 0. The summed E-state index contributed by atoms with van der Waals surface area (Å²) in [7, 11) is 0. The van der Waals surface area contributed by atoms with Crippen molar-refractivity contribution in [3.05, 3.63) is 0 Å². The van der Waals surface area contributed by atoms with Crippen molar-refractivity contribution in [1.29, 1.82) is 0 Å². The van der Waals surface area contributed by atoms with E-state index in [0.717, 1.165) is 25.7 Å². The zero-order chi connectivity index (χ0) is 12.7. The van der Waals surface area contributed by atoms with Gasteiger partial charge < -0.3 is 21.5 Å². The van der Waals surface area contributed by atoms with Crippen LogP contribution in [0.15, 0.2) is 0 Å². The molecule has 0 aliphatic heterocycles. The molecule has 0 bridgehead atoms. The average molecular weight is 243 g/mol. The summed E-state index contributed by atoms with van der Waals surface area (Å²) in [4.78, 5) is 22.4. The topological polar surface area (TPSA) is 104 Å². The van der Waals surface area contributed by atoms with Crippen molar-refractivity contribution in [2.45, 2.75) is 31.7 Å². The molecule has 1 fully saturated rings. The van der Waals surface area contributed by atoms with Gasteiger partial charge in [-0.3, -0.25) is 9.59 Å². The second-order valence-electron chi connectivity index (χ2n) is 4.38. The maximum absolute atomic E-state index is 11.5. The van der Waals surface area contributed by atoms with Crippen LogP contribution in [0.4, 0.5) is 0 Å². The van der Waals surface area contributed by atoms with E-state index in [1.807, 2.05) is 0 Å². The van der Waals surface area contributed by atoms with E-state index in [-0.39, 0.29) is 43.5 Å². The van der Waals surface area contributed by atoms with E-state index < -0.39 is 0 Å². The predicted molar refractivity (Wildman–Crippen MR) is 63.0 cm³/mol. The van der Waals surface area contributed by atoms with Gasteiger partial charge in [-0.05, 0) is 12.8 Å². The molecule has 0 heterocycles. The molecule has 0 spiro atoms. The largest absolute Gasteiger partial charge is 0.396 e. The molecule has 98 valence electrons. The molecule has 5 N–H and O–H groups in total. The van der Waals surface area contributed by atoms with Gasteiger partial charge in [-0.2, -0.15) is 0 Å². The Kier molecular flexibility index (Phi) is 5.93. The van der Waals surface area contributed by atoms with E-state index in [1.165, 1.54) is 0 Å². The molecule has 1 aliphatic rings. The maximum atomic E-state index is 11.5. The molecule has 17 heavy (non-hydrogen) atoms. The molecule has 2 atom stereocenters. The van der Waals surface area contributed by atoms with E-state index in [1.54, 1.807) is 0 Å². The first-order chi connectivity index (χ1) is 8.17. The molecule has 0 aromatic carbocycles. The minimum atomic E-state index is -0.345. The van der Waals surface area contributed by atoms with Crippen LogP contribution in [0.25, 0.3) is 0 Å². The van der Waals surface area contributed by atoms with Crippen LogP contribution in [-0.2, 0) is 9.59 Å². The molecule has 1 rings (SSSR count). The quantitative estimate of drug-likeness (QED) is 0.483. The predicted octanol–water partition coefficient (Wildman–Crippen LogP) is -1.27. The standard InChI is InChI=1S/C11H21N3O3/c12-5-10(16)13-6-11(17)14-9-4-2-1-3-8(9)7-15/h8-9,15H,1-7,12H2,(H,13,16)(H,14,17). The minimum Gasteiger partial charge on any atom is -0.396 e. The fourth-order valence-corrected chi connectivity index (χ4v) is 2.13. The third-order valence-corrected chi connectivity index (χ3v) is 3.12. The molecular formula is C11H21N3O3. The first-order valence-corrected chi connectivity index (χ1v) is 6.04. The molecule has 2 unspecified atom stereocenters. The fraction of sp³-hybridized carbons (Fsp3) is 0.818. The summed E-state index contributed by atoms with van der Waals surface area (Å²) in [6.07, 6.45) is 4.00. The summed E-state index contributed by atoms with van der Waals surface area (Å²) in [6, 6.07) is 0.0241. The van der Waals surface area contributed by atoms with Crippen LogP contribution in [0, 0.1) is 5.92 Å². The van der Waals surface area contributed by atoms with Crippen molar-refractivity contribution in [2.24, 2.45) is 11.7 Å². The number of hydrogen-bond acceptors (Lipinski definition) is 4. The van der Waals surface area contributed by atoms with E-state index in [9.17, 15) is 14.7 Å². The number of aliphatic hydroxyl groups excluding tert-OH is 1. The first kappa shape index (κ1) is 13.9. The molecule has 1 saturated carbocycles. The summed E-state index contributed by atoms with van der Waals surface area (Å²) in [6.45, 7) is -0.0687. The Balaban J connectivity index is 2.31. The zero-order valence-corrected chi connectivity index (χ0v) is 9.95. The normalized spacial score (nSPS) is 24.1. The van der Waals surface area contributed by atoms with E-state index >= 15 is 0 Å². The molecular weight excluding hydrogens is 222 g/mol. The Labute approximate surface area is 101 Å². The average Bonchev–Trinajstić information content (AvgIpc) is 2.36. The summed E-state index contributed by atoms with van der Waals surface area (Å²) in [5.74, 6) is -0.433.